The Labute approximate surface area is 141 Å². The number of oxazole rings is 1. The van der Waals surface area contributed by atoms with Gasteiger partial charge in [-0.05, 0) is 18.2 Å². The van der Waals surface area contributed by atoms with Gasteiger partial charge in [-0.3, -0.25) is 4.79 Å². The molecule has 4 aromatic rings. The number of hydrogen-bond donors (Lipinski definition) is 1. The molecule has 0 aliphatic rings. The van der Waals surface area contributed by atoms with E-state index in [0.29, 0.717) is 39.2 Å². The Morgan fingerprint density at radius 2 is 2.00 bits per heavy atom. The molecule has 0 radical (unpaired) electrons. The Balaban J connectivity index is 1.98. The van der Waals surface area contributed by atoms with Crippen LogP contribution >= 0.6 is 0 Å². The number of fused-ring (bicyclic) bond motifs is 1. The summed E-state index contributed by atoms with van der Waals surface area (Å²) in [6.07, 6.45) is 2.86. The van der Waals surface area contributed by atoms with Gasteiger partial charge in [0, 0.05) is 23.1 Å². The molecular weight excluding hydrogens is 323 g/mol. The average Bonchev–Trinajstić information content (AvgIpc) is 3.15. The minimum Gasteiger partial charge on any atom is -0.496 e. The van der Waals surface area contributed by atoms with E-state index in [2.05, 4.69) is 9.97 Å². The van der Waals surface area contributed by atoms with Gasteiger partial charge in [-0.2, -0.15) is 0 Å². The number of halogens is 1. The molecule has 0 spiro atoms. The SMILES string of the molecule is COc1cc2[nH]c(-c3ccccc3F)cc(=O)c2cc1-c1cnco1. The van der Waals surface area contributed by atoms with Gasteiger partial charge >= 0.3 is 0 Å². The number of aromatic nitrogens is 2. The highest BCUT2D eigenvalue weighted by Crippen LogP contribution is 2.33. The third kappa shape index (κ3) is 2.57. The van der Waals surface area contributed by atoms with Crippen molar-refractivity contribution in [3.05, 3.63) is 71.1 Å². The Hall–Kier alpha value is -3.41. The van der Waals surface area contributed by atoms with Crippen molar-refractivity contribution in [3.8, 4) is 28.3 Å². The molecule has 5 nitrogen and oxygen atoms in total. The lowest BCUT2D eigenvalue weighted by Crippen LogP contribution is -2.04. The highest BCUT2D eigenvalue weighted by atomic mass is 19.1. The first kappa shape index (κ1) is 15.1. The van der Waals surface area contributed by atoms with Crippen molar-refractivity contribution in [2.24, 2.45) is 0 Å². The zero-order valence-electron chi connectivity index (χ0n) is 13.2. The van der Waals surface area contributed by atoms with Crippen LogP contribution in [0.5, 0.6) is 5.75 Å². The standard InChI is InChI=1S/C19H13FN2O3/c1-24-18-8-16-12(6-13(18)19-9-21-10-25-19)17(23)7-15(22-16)11-4-2-3-5-14(11)20/h2-10H,1H3,(H,22,23). The molecule has 1 N–H and O–H groups in total. The maximum atomic E-state index is 14.0. The average molecular weight is 336 g/mol. The molecular formula is C19H13FN2O3. The molecule has 25 heavy (non-hydrogen) atoms. The van der Waals surface area contributed by atoms with Crippen molar-refractivity contribution >= 4 is 10.9 Å². The summed E-state index contributed by atoms with van der Waals surface area (Å²) in [5, 5.41) is 0.451. The van der Waals surface area contributed by atoms with Crippen molar-refractivity contribution in [2.75, 3.05) is 7.11 Å². The Bertz CT molecular complexity index is 1120. The first-order valence-electron chi connectivity index (χ1n) is 7.56. The molecule has 124 valence electrons. The summed E-state index contributed by atoms with van der Waals surface area (Å²) in [5.41, 5.74) is 1.68. The third-order valence-electron chi connectivity index (χ3n) is 4.01. The molecule has 0 bridgehead atoms. The predicted molar refractivity (Wildman–Crippen MR) is 92.0 cm³/mol. The van der Waals surface area contributed by atoms with E-state index in [4.69, 9.17) is 9.15 Å². The van der Waals surface area contributed by atoms with Crippen LogP contribution in [0.1, 0.15) is 0 Å². The number of aromatic amines is 1. The van der Waals surface area contributed by atoms with Crippen LogP contribution < -0.4 is 10.2 Å². The summed E-state index contributed by atoms with van der Waals surface area (Å²) in [6.45, 7) is 0. The first-order chi connectivity index (χ1) is 12.2. The molecule has 2 aromatic heterocycles. The van der Waals surface area contributed by atoms with Crippen molar-refractivity contribution in [1.82, 2.24) is 9.97 Å². The van der Waals surface area contributed by atoms with Crippen LogP contribution in [-0.2, 0) is 0 Å². The lowest BCUT2D eigenvalue weighted by atomic mass is 10.0. The topological polar surface area (TPSA) is 68.1 Å². The third-order valence-corrected chi connectivity index (χ3v) is 4.01. The second kappa shape index (κ2) is 5.90. The zero-order chi connectivity index (χ0) is 17.4. The monoisotopic (exact) mass is 336 g/mol. The quantitative estimate of drug-likeness (QED) is 0.614. The van der Waals surface area contributed by atoms with Crippen LogP contribution in [0.4, 0.5) is 4.39 Å². The summed E-state index contributed by atoms with van der Waals surface area (Å²) < 4.78 is 24.7. The molecule has 0 fully saturated rings. The molecule has 0 saturated carbocycles. The van der Waals surface area contributed by atoms with Crippen LogP contribution in [0.15, 0.2) is 64.3 Å². The molecule has 0 aliphatic carbocycles. The van der Waals surface area contributed by atoms with E-state index < -0.39 is 5.82 Å². The molecule has 0 aliphatic heterocycles. The van der Waals surface area contributed by atoms with Gasteiger partial charge in [0.1, 0.15) is 11.6 Å². The van der Waals surface area contributed by atoms with Crippen LogP contribution in [0, 0.1) is 5.82 Å². The number of pyridine rings is 1. The fraction of sp³-hybridized carbons (Fsp3) is 0.0526. The smallest absolute Gasteiger partial charge is 0.190 e. The number of nitrogens with one attached hydrogen (secondary N) is 1. The molecule has 0 atom stereocenters. The lowest BCUT2D eigenvalue weighted by molar-refractivity contribution is 0.415. The van der Waals surface area contributed by atoms with Gasteiger partial charge in [-0.1, -0.05) is 12.1 Å². The molecule has 0 amide bonds. The number of benzene rings is 2. The van der Waals surface area contributed by atoms with Gasteiger partial charge in [0.2, 0.25) is 0 Å². The van der Waals surface area contributed by atoms with Gasteiger partial charge in [0.05, 0.1) is 30.1 Å². The van der Waals surface area contributed by atoms with Gasteiger partial charge in [0.25, 0.3) is 0 Å². The fourth-order valence-corrected chi connectivity index (χ4v) is 2.81. The van der Waals surface area contributed by atoms with E-state index in [9.17, 15) is 9.18 Å². The van der Waals surface area contributed by atoms with Crippen molar-refractivity contribution in [3.63, 3.8) is 0 Å². The van der Waals surface area contributed by atoms with Gasteiger partial charge < -0.3 is 14.1 Å². The first-order valence-corrected chi connectivity index (χ1v) is 7.56. The molecule has 0 saturated heterocycles. The van der Waals surface area contributed by atoms with Crippen molar-refractivity contribution in [1.29, 1.82) is 0 Å². The van der Waals surface area contributed by atoms with E-state index in [1.807, 2.05) is 0 Å². The van der Waals surface area contributed by atoms with Gasteiger partial charge in [0.15, 0.2) is 17.6 Å². The van der Waals surface area contributed by atoms with E-state index in [1.165, 1.54) is 25.6 Å². The van der Waals surface area contributed by atoms with Crippen molar-refractivity contribution < 1.29 is 13.5 Å². The fourth-order valence-electron chi connectivity index (χ4n) is 2.81. The van der Waals surface area contributed by atoms with Gasteiger partial charge in [-0.25, -0.2) is 9.37 Å². The highest BCUT2D eigenvalue weighted by molar-refractivity contribution is 5.88. The zero-order valence-corrected chi connectivity index (χ0v) is 13.2. The summed E-state index contributed by atoms with van der Waals surface area (Å²) in [7, 11) is 1.53. The highest BCUT2D eigenvalue weighted by Gasteiger charge is 2.14. The minimum atomic E-state index is -0.400. The molecule has 0 unspecified atom stereocenters. The number of rotatable bonds is 3. The van der Waals surface area contributed by atoms with Crippen LogP contribution in [0.3, 0.4) is 0 Å². The summed E-state index contributed by atoms with van der Waals surface area (Å²) in [5.74, 6) is 0.615. The molecule has 4 rings (SSSR count). The number of H-pyrrole nitrogens is 1. The normalized spacial score (nSPS) is 11.0. The second-order valence-corrected chi connectivity index (χ2v) is 5.49. The number of ether oxygens (including phenoxy) is 1. The summed E-state index contributed by atoms with van der Waals surface area (Å²) >= 11 is 0. The van der Waals surface area contributed by atoms with E-state index in [0.717, 1.165) is 0 Å². The Kier molecular flexibility index (Phi) is 3.57. The summed E-state index contributed by atoms with van der Waals surface area (Å²) in [6, 6.07) is 11.0. The summed E-state index contributed by atoms with van der Waals surface area (Å²) in [4.78, 5) is 19.6. The molecule has 2 aromatic carbocycles. The number of methoxy groups -OCH3 is 1. The Morgan fingerprint density at radius 1 is 1.16 bits per heavy atom. The maximum Gasteiger partial charge on any atom is 0.190 e. The second-order valence-electron chi connectivity index (χ2n) is 5.49. The number of nitrogens with zero attached hydrogens (tertiary/aromatic N) is 1. The van der Waals surface area contributed by atoms with E-state index in [-0.39, 0.29) is 5.43 Å². The molecule has 2 heterocycles. The lowest BCUT2D eigenvalue weighted by Gasteiger charge is -2.10. The minimum absolute atomic E-state index is 0.226. The Morgan fingerprint density at radius 3 is 2.72 bits per heavy atom. The van der Waals surface area contributed by atoms with E-state index in [1.54, 1.807) is 36.5 Å². The van der Waals surface area contributed by atoms with Crippen LogP contribution in [0.25, 0.3) is 33.5 Å². The predicted octanol–water partition coefficient (Wildman–Crippen LogP) is 4.00. The molecule has 6 heteroatoms. The maximum absolute atomic E-state index is 14.0. The van der Waals surface area contributed by atoms with E-state index >= 15 is 0 Å². The van der Waals surface area contributed by atoms with Crippen molar-refractivity contribution in [2.45, 2.75) is 0 Å². The number of hydrogen-bond acceptors (Lipinski definition) is 4. The largest absolute Gasteiger partial charge is 0.496 e. The van der Waals surface area contributed by atoms with Crippen LogP contribution in [0.2, 0.25) is 0 Å². The van der Waals surface area contributed by atoms with Gasteiger partial charge in [-0.15, -0.1) is 0 Å². The van der Waals surface area contributed by atoms with Crippen LogP contribution in [-0.4, -0.2) is 17.1 Å².